The highest BCUT2D eigenvalue weighted by Crippen LogP contribution is 2.18. The molecule has 0 aliphatic rings. The van der Waals surface area contributed by atoms with Gasteiger partial charge in [0.15, 0.2) is 5.65 Å². The second-order valence-corrected chi connectivity index (χ2v) is 4.65. The normalized spacial score (nSPS) is 10.7. The summed E-state index contributed by atoms with van der Waals surface area (Å²) >= 11 is 0. The summed E-state index contributed by atoms with van der Waals surface area (Å²) in [5.41, 5.74) is 7.93. The van der Waals surface area contributed by atoms with E-state index in [4.69, 9.17) is 10.6 Å². The summed E-state index contributed by atoms with van der Waals surface area (Å²) in [5.74, 6) is 0. The van der Waals surface area contributed by atoms with Crippen molar-refractivity contribution >= 4 is 16.7 Å². The highest BCUT2D eigenvalue weighted by molar-refractivity contribution is 5.89. The van der Waals surface area contributed by atoms with E-state index < -0.39 is 0 Å². The van der Waals surface area contributed by atoms with Gasteiger partial charge in [0.2, 0.25) is 0 Å². The molecule has 106 valence electrons. The van der Waals surface area contributed by atoms with E-state index in [0.717, 1.165) is 10.3 Å². The van der Waals surface area contributed by atoms with E-state index in [1.165, 1.54) is 12.4 Å². The predicted molar refractivity (Wildman–Crippen MR) is 79.7 cm³/mol. The number of nitrogen functional groups attached to an aromatic ring is 1. The molecule has 2 heterocycles. The van der Waals surface area contributed by atoms with Gasteiger partial charge >= 0.3 is 0 Å². The largest absolute Gasteiger partial charge is 0.404 e. The third-order valence-electron chi connectivity index (χ3n) is 3.18. The highest BCUT2D eigenvalue weighted by Gasteiger charge is 2.12. The Hall–Kier alpha value is -2.89. The number of aryl methyl sites for hydroxylation is 1. The van der Waals surface area contributed by atoms with Gasteiger partial charge in [0.1, 0.15) is 12.9 Å². The Bertz CT molecular complexity index is 843. The molecule has 0 spiro atoms. The molecule has 2 aromatic heterocycles. The lowest BCUT2D eigenvalue weighted by Crippen LogP contribution is -2.28. The van der Waals surface area contributed by atoms with Gasteiger partial charge in [0, 0.05) is 6.07 Å². The van der Waals surface area contributed by atoms with Crippen molar-refractivity contribution in [1.82, 2.24) is 14.7 Å². The van der Waals surface area contributed by atoms with Crippen molar-refractivity contribution < 1.29 is 4.84 Å². The minimum absolute atomic E-state index is 0.267. The van der Waals surface area contributed by atoms with Gasteiger partial charge in [0.05, 0.1) is 16.8 Å². The molecule has 2 N–H and O–H groups in total. The fourth-order valence-corrected chi connectivity index (χ4v) is 2.16. The van der Waals surface area contributed by atoms with E-state index in [2.05, 4.69) is 9.97 Å². The smallest absolute Gasteiger partial charge is 0.287 e. The molecular weight excluding hydrogens is 268 g/mol. The first-order valence-electron chi connectivity index (χ1n) is 6.47. The van der Waals surface area contributed by atoms with Crippen LogP contribution >= 0.6 is 0 Å². The molecule has 6 heteroatoms. The van der Waals surface area contributed by atoms with Crippen LogP contribution in [0.4, 0.5) is 5.69 Å². The Morgan fingerprint density at radius 2 is 2.00 bits per heavy atom. The molecule has 3 rings (SSSR count). The summed E-state index contributed by atoms with van der Waals surface area (Å²) in [4.78, 5) is 25.9. The fourth-order valence-electron chi connectivity index (χ4n) is 2.16. The maximum atomic E-state index is 12.1. The number of pyridine rings is 1. The number of rotatable bonds is 3. The Balaban J connectivity index is 2.06. The van der Waals surface area contributed by atoms with Crippen molar-refractivity contribution in [3.8, 4) is 0 Å². The molecule has 0 aliphatic carbocycles. The molecule has 1 aromatic carbocycles. The lowest BCUT2D eigenvalue weighted by atomic mass is 10.2. The standard InChI is InChI=1S/C15H14N4O2/c1-10-14-12(16)7-13(20)19(15(14)18-9-17-10)21-8-11-5-3-2-4-6-11/h2-7,9H,8,16H2,1H3. The van der Waals surface area contributed by atoms with Crippen LogP contribution in [-0.4, -0.2) is 14.7 Å². The fraction of sp³-hybridized carbons (Fsp3) is 0.133. The molecule has 6 nitrogen and oxygen atoms in total. The van der Waals surface area contributed by atoms with E-state index in [1.54, 1.807) is 0 Å². The summed E-state index contributed by atoms with van der Waals surface area (Å²) in [7, 11) is 0. The minimum atomic E-state index is -0.353. The molecule has 0 unspecified atom stereocenters. The predicted octanol–water partition coefficient (Wildman–Crippen LogP) is 1.31. The number of nitrogens with two attached hydrogens (primary N) is 1. The Morgan fingerprint density at radius 1 is 1.24 bits per heavy atom. The molecule has 0 fully saturated rings. The molecule has 0 amide bonds. The van der Waals surface area contributed by atoms with Gasteiger partial charge in [-0.25, -0.2) is 9.97 Å². The second kappa shape index (κ2) is 5.24. The SMILES string of the molecule is Cc1ncnc2c1c(N)cc(=O)n2OCc1ccccc1. The van der Waals surface area contributed by atoms with Crippen LogP contribution in [0, 0.1) is 6.92 Å². The van der Waals surface area contributed by atoms with Gasteiger partial charge < -0.3 is 10.6 Å². The number of benzene rings is 1. The van der Waals surface area contributed by atoms with E-state index in [1.807, 2.05) is 37.3 Å². The summed E-state index contributed by atoms with van der Waals surface area (Å²) < 4.78 is 1.16. The molecule has 0 saturated carbocycles. The zero-order valence-corrected chi connectivity index (χ0v) is 11.5. The van der Waals surface area contributed by atoms with Crippen molar-refractivity contribution in [2.24, 2.45) is 0 Å². The van der Waals surface area contributed by atoms with Crippen molar-refractivity contribution in [1.29, 1.82) is 0 Å². The molecule has 0 radical (unpaired) electrons. The van der Waals surface area contributed by atoms with Crippen LogP contribution in [0.5, 0.6) is 0 Å². The van der Waals surface area contributed by atoms with Crippen LogP contribution in [-0.2, 0) is 6.61 Å². The second-order valence-electron chi connectivity index (χ2n) is 4.65. The number of anilines is 1. The average molecular weight is 282 g/mol. The topological polar surface area (TPSA) is 83.0 Å². The Morgan fingerprint density at radius 3 is 2.76 bits per heavy atom. The van der Waals surface area contributed by atoms with Crippen molar-refractivity contribution in [3.05, 3.63) is 64.3 Å². The maximum Gasteiger partial charge on any atom is 0.287 e. The third kappa shape index (κ3) is 2.43. The zero-order chi connectivity index (χ0) is 14.8. The summed E-state index contributed by atoms with van der Waals surface area (Å²) in [6.45, 7) is 2.08. The van der Waals surface area contributed by atoms with E-state index >= 15 is 0 Å². The Labute approximate surface area is 120 Å². The van der Waals surface area contributed by atoms with E-state index in [0.29, 0.717) is 22.4 Å². The number of hydrogen-bond donors (Lipinski definition) is 1. The minimum Gasteiger partial charge on any atom is -0.404 e. The number of aromatic nitrogens is 3. The first kappa shape index (κ1) is 13.1. The quantitative estimate of drug-likeness (QED) is 0.783. The summed E-state index contributed by atoms with van der Waals surface area (Å²) in [6.07, 6.45) is 1.39. The molecule has 0 aliphatic heterocycles. The van der Waals surface area contributed by atoms with E-state index in [-0.39, 0.29) is 12.2 Å². The molecule has 0 atom stereocenters. The van der Waals surface area contributed by atoms with Gasteiger partial charge in [-0.05, 0) is 12.5 Å². The molecule has 0 bridgehead atoms. The van der Waals surface area contributed by atoms with Crippen LogP contribution in [0.2, 0.25) is 0 Å². The van der Waals surface area contributed by atoms with Crippen molar-refractivity contribution in [2.75, 3.05) is 5.73 Å². The van der Waals surface area contributed by atoms with Gasteiger partial charge in [-0.2, -0.15) is 0 Å². The molecule has 21 heavy (non-hydrogen) atoms. The molecule has 3 aromatic rings. The lowest BCUT2D eigenvalue weighted by Gasteiger charge is -2.12. The zero-order valence-electron chi connectivity index (χ0n) is 11.5. The van der Waals surface area contributed by atoms with E-state index in [9.17, 15) is 4.79 Å². The van der Waals surface area contributed by atoms with Crippen molar-refractivity contribution in [3.63, 3.8) is 0 Å². The maximum absolute atomic E-state index is 12.1. The number of nitrogens with zero attached hydrogens (tertiary/aromatic N) is 3. The van der Waals surface area contributed by atoms with Crippen molar-refractivity contribution in [2.45, 2.75) is 13.5 Å². The van der Waals surface area contributed by atoms with Gasteiger partial charge in [-0.1, -0.05) is 30.3 Å². The van der Waals surface area contributed by atoms with Crippen LogP contribution in [0.15, 0.2) is 47.5 Å². The monoisotopic (exact) mass is 282 g/mol. The highest BCUT2D eigenvalue weighted by atomic mass is 16.7. The third-order valence-corrected chi connectivity index (χ3v) is 3.18. The van der Waals surface area contributed by atoms with Crippen LogP contribution in [0.25, 0.3) is 11.0 Å². The number of hydrogen-bond acceptors (Lipinski definition) is 5. The first-order valence-corrected chi connectivity index (χ1v) is 6.47. The molecule has 0 saturated heterocycles. The van der Waals surface area contributed by atoms with Crippen LogP contribution in [0.3, 0.4) is 0 Å². The summed E-state index contributed by atoms with van der Waals surface area (Å²) in [5, 5.41) is 0.630. The summed E-state index contributed by atoms with van der Waals surface area (Å²) in [6, 6.07) is 10.9. The van der Waals surface area contributed by atoms with Gasteiger partial charge in [0.25, 0.3) is 5.56 Å². The van der Waals surface area contributed by atoms with Gasteiger partial charge in [-0.15, -0.1) is 4.73 Å². The Kier molecular flexibility index (Phi) is 3.27. The number of fused-ring (bicyclic) bond motifs is 1. The molecular formula is C15H14N4O2. The van der Waals surface area contributed by atoms with Crippen LogP contribution in [0.1, 0.15) is 11.3 Å². The van der Waals surface area contributed by atoms with Crippen LogP contribution < -0.4 is 16.1 Å². The average Bonchev–Trinajstić information content (AvgIpc) is 2.47. The first-order chi connectivity index (χ1) is 10.2. The van der Waals surface area contributed by atoms with Gasteiger partial charge in [-0.3, -0.25) is 4.79 Å². The lowest BCUT2D eigenvalue weighted by molar-refractivity contribution is 0.0980.